The van der Waals surface area contributed by atoms with E-state index in [0.29, 0.717) is 23.9 Å². The van der Waals surface area contributed by atoms with Crippen LogP contribution >= 0.6 is 11.6 Å². The largest absolute Gasteiger partial charge is 0.366 e. The summed E-state index contributed by atoms with van der Waals surface area (Å²) in [6.45, 7) is 9.18. The zero-order valence-corrected chi connectivity index (χ0v) is 11.9. The molecule has 0 bridgehead atoms. The van der Waals surface area contributed by atoms with Crippen molar-refractivity contribution in [3.63, 3.8) is 0 Å². The molecular formula is C13H18ClFN2O. The number of halogens is 2. The number of nitrogens with zero attached hydrogens (tertiary/aromatic N) is 2. The summed E-state index contributed by atoms with van der Waals surface area (Å²) in [4.78, 5) is 6.01. The molecule has 1 aliphatic rings. The minimum atomic E-state index is -0.393. The average molecular weight is 273 g/mol. The van der Waals surface area contributed by atoms with Crippen molar-refractivity contribution >= 4 is 17.4 Å². The molecule has 0 amide bonds. The molecule has 5 heteroatoms. The summed E-state index contributed by atoms with van der Waals surface area (Å²) >= 11 is 5.72. The molecule has 0 radical (unpaired) electrons. The van der Waals surface area contributed by atoms with Gasteiger partial charge < -0.3 is 9.64 Å². The molecule has 1 aliphatic heterocycles. The van der Waals surface area contributed by atoms with Gasteiger partial charge in [-0.3, -0.25) is 0 Å². The fraction of sp³-hybridized carbons (Fsp3) is 0.615. The van der Waals surface area contributed by atoms with Gasteiger partial charge in [0.1, 0.15) is 0 Å². The molecule has 1 fully saturated rings. The number of aromatic nitrogens is 1. The van der Waals surface area contributed by atoms with Crippen LogP contribution in [0, 0.1) is 5.82 Å². The van der Waals surface area contributed by atoms with E-state index in [2.05, 4.69) is 4.98 Å². The number of pyridine rings is 1. The van der Waals surface area contributed by atoms with Crippen molar-refractivity contribution in [2.75, 3.05) is 18.0 Å². The van der Waals surface area contributed by atoms with Crippen LogP contribution in [0.4, 0.5) is 10.2 Å². The van der Waals surface area contributed by atoms with Gasteiger partial charge in [0.25, 0.3) is 0 Å². The van der Waals surface area contributed by atoms with Gasteiger partial charge in [-0.1, -0.05) is 11.6 Å². The topological polar surface area (TPSA) is 25.4 Å². The Balaban J connectivity index is 2.32. The summed E-state index contributed by atoms with van der Waals surface area (Å²) < 4.78 is 19.9. The molecule has 0 spiro atoms. The minimum Gasteiger partial charge on any atom is -0.366 e. The van der Waals surface area contributed by atoms with Crippen LogP contribution in [0.1, 0.15) is 27.7 Å². The van der Waals surface area contributed by atoms with E-state index in [9.17, 15) is 4.39 Å². The number of anilines is 1. The van der Waals surface area contributed by atoms with Gasteiger partial charge in [-0.2, -0.15) is 0 Å². The molecule has 0 unspecified atom stereocenters. The van der Waals surface area contributed by atoms with Crippen LogP contribution in [0.5, 0.6) is 0 Å². The normalized spacial score (nSPS) is 22.0. The Morgan fingerprint density at radius 1 is 1.28 bits per heavy atom. The number of rotatable bonds is 1. The van der Waals surface area contributed by atoms with E-state index >= 15 is 0 Å². The fourth-order valence-electron chi connectivity index (χ4n) is 2.58. The maximum absolute atomic E-state index is 13.9. The van der Waals surface area contributed by atoms with Gasteiger partial charge in [0, 0.05) is 19.3 Å². The molecule has 3 nitrogen and oxygen atoms in total. The Hall–Kier alpha value is -0.870. The summed E-state index contributed by atoms with van der Waals surface area (Å²) in [6.07, 6.45) is 1.47. The lowest BCUT2D eigenvalue weighted by atomic mass is 9.99. The zero-order valence-electron chi connectivity index (χ0n) is 11.1. The van der Waals surface area contributed by atoms with Crippen molar-refractivity contribution in [3.05, 3.63) is 23.1 Å². The number of hydrogen-bond donors (Lipinski definition) is 0. The zero-order chi connectivity index (χ0) is 13.6. The van der Waals surface area contributed by atoms with Crippen molar-refractivity contribution in [2.24, 2.45) is 0 Å². The SMILES string of the molecule is CC1(C)CN(c2ncc(Cl)cc2F)CC(C)(C)O1. The third-order valence-corrected chi connectivity index (χ3v) is 2.99. The van der Waals surface area contributed by atoms with E-state index < -0.39 is 5.82 Å². The van der Waals surface area contributed by atoms with Gasteiger partial charge in [0.15, 0.2) is 11.6 Å². The number of morpholine rings is 1. The molecule has 0 saturated carbocycles. The summed E-state index contributed by atoms with van der Waals surface area (Å²) in [5.41, 5.74) is -0.676. The number of hydrogen-bond acceptors (Lipinski definition) is 3. The molecule has 1 aromatic rings. The molecule has 0 N–H and O–H groups in total. The van der Waals surface area contributed by atoms with E-state index in [1.807, 2.05) is 32.6 Å². The highest BCUT2D eigenvalue weighted by atomic mass is 35.5. The highest BCUT2D eigenvalue weighted by molar-refractivity contribution is 6.30. The van der Waals surface area contributed by atoms with Crippen molar-refractivity contribution in [2.45, 2.75) is 38.9 Å². The third-order valence-electron chi connectivity index (χ3n) is 2.78. The lowest BCUT2D eigenvalue weighted by Crippen LogP contribution is -2.57. The van der Waals surface area contributed by atoms with E-state index in [0.717, 1.165) is 0 Å². The minimum absolute atomic E-state index is 0.308. The Morgan fingerprint density at radius 2 is 1.83 bits per heavy atom. The monoisotopic (exact) mass is 272 g/mol. The quantitative estimate of drug-likeness (QED) is 0.785. The van der Waals surface area contributed by atoms with Crippen LogP contribution in [0.15, 0.2) is 12.3 Å². The summed E-state index contributed by atoms with van der Waals surface area (Å²) in [6, 6.07) is 1.29. The summed E-state index contributed by atoms with van der Waals surface area (Å²) in [7, 11) is 0. The summed E-state index contributed by atoms with van der Waals surface area (Å²) in [5, 5.41) is 0.308. The first-order valence-corrected chi connectivity index (χ1v) is 6.33. The Bertz CT molecular complexity index is 446. The van der Waals surface area contributed by atoms with Gasteiger partial charge in [0.05, 0.1) is 16.2 Å². The molecule has 18 heavy (non-hydrogen) atoms. The lowest BCUT2D eigenvalue weighted by molar-refractivity contribution is -0.133. The van der Waals surface area contributed by atoms with Crippen molar-refractivity contribution in [1.82, 2.24) is 4.98 Å². The fourth-order valence-corrected chi connectivity index (χ4v) is 2.72. The second kappa shape index (κ2) is 4.35. The maximum atomic E-state index is 13.9. The molecule has 2 rings (SSSR count). The molecule has 0 aliphatic carbocycles. The first kappa shape index (κ1) is 13.6. The van der Waals surface area contributed by atoms with Gasteiger partial charge in [0.2, 0.25) is 0 Å². The Labute approximate surface area is 112 Å². The smallest absolute Gasteiger partial charge is 0.167 e. The van der Waals surface area contributed by atoms with Crippen molar-refractivity contribution < 1.29 is 9.13 Å². The molecule has 0 atom stereocenters. The number of ether oxygens (including phenoxy) is 1. The predicted octanol–water partition coefficient (Wildman–Crippen LogP) is 3.27. The molecule has 100 valence electrons. The molecule has 2 heterocycles. The van der Waals surface area contributed by atoms with E-state index in [4.69, 9.17) is 16.3 Å². The van der Waals surface area contributed by atoms with E-state index in [1.165, 1.54) is 12.3 Å². The first-order chi connectivity index (χ1) is 8.19. The van der Waals surface area contributed by atoms with Gasteiger partial charge in [-0.25, -0.2) is 9.37 Å². The highest BCUT2D eigenvalue weighted by Crippen LogP contribution is 2.32. The van der Waals surface area contributed by atoms with Crippen LogP contribution in [-0.2, 0) is 4.74 Å². The highest BCUT2D eigenvalue weighted by Gasteiger charge is 2.39. The third kappa shape index (κ3) is 2.93. The molecule has 1 aromatic heterocycles. The average Bonchev–Trinajstić information content (AvgIpc) is 2.11. The lowest BCUT2D eigenvalue weighted by Gasteiger charge is -2.47. The molecular weight excluding hydrogens is 255 g/mol. The van der Waals surface area contributed by atoms with Crippen LogP contribution in [0.2, 0.25) is 5.02 Å². The standard InChI is InChI=1S/C13H18ClFN2O/c1-12(2)7-17(8-13(3,4)18-12)11-10(15)5-9(14)6-16-11/h5-6H,7-8H2,1-4H3. The van der Waals surface area contributed by atoms with Crippen LogP contribution in [-0.4, -0.2) is 29.3 Å². The van der Waals surface area contributed by atoms with Crippen LogP contribution in [0.3, 0.4) is 0 Å². The molecule has 1 saturated heterocycles. The van der Waals surface area contributed by atoms with Crippen molar-refractivity contribution in [1.29, 1.82) is 0 Å². The second-order valence-electron chi connectivity index (χ2n) is 5.94. The van der Waals surface area contributed by atoms with Crippen LogP contribution < -0.4 is 4.90 Å². The first-order valence-electron chi connectivity index (χ1n) is 5.95. The molecule has 0 aromatic carbocycles. The van der Waals surface area contributed by atoms with Gasteiger partial charge in [-0.05, 0) is 33.8 Å². The van der Waals surface area contributed by atoms with Crippen molar-refractivity contribution in [3.8, 4) is 0 Å². The van der Waals surface area contributed by atoms with Gasteiger partial charge in [-0.15, -0.1) is 0 Å². The Morgan fingerprint density at radius 3 is 2.33 bits per heavy atom. The van der Waals surface area contributed by atoms with E-state index in [1.54, 1.807) is 0 Å². The predicted molar refractivity (Wildman–Crippen MR) is 70.7 cm³/mol. The van der Waals surface area contributed by atoms with Gasteiger partial charge >= 0.3 is 0 Å². The van der Waals surface area contributed by atoms with Crippen LogP contribution in [0.25, 0.3) is 0 Å². The summed E-state index contributed by atoms with van der Waals surface area (Å²) in [5.74, 6) is -0.0557. The maximum Gasteiger partial charge on any atom is 0.167 e. The Kier molecular flexibility index (Phi) is 3.28. The second-order valence-corrected chi connectivity index (χ2v) is 6.37. The van der Waals surface area contributed by atoms with E-state index in [-0.39, 0.29) is 11.2 Å².